The number of anilines is 2. The normalized spacial score (nSPS) is 14.5. The van der Waals surface area contributed by atoms with Crippen LogP contribution in [0.15, 0.2) is 36.5 Å². The molecule has 1 fully saturated rings. The Bertz CT molecular complexity index is 656. The summed E-state index contributed by atoms with van der Waals surface area (Å²) in [4.78, 5) is 22.2. The quantitative estimate of drug-likeness (QED) is 0.936. The number of hydrogen-bond donors (Lipinski definition) is 1. The van der Waals surface area contributed by atoms with Crippen molar-refractivity contribution in [1.82, 2.24) is 9.97 Å². The van der Waals surface area contributed by atoms with Crippen molar-refractivity contribution in [2.24, 2.45) is 0 Å². The predicted molar refractivity (Wildman–Crippen MR) is 82.1 cm³/mol. The highest BCUT2D eigenvalue weighted by molar-refractivity contribution is 5.98. The van der Waals surface area contributed by atoms with E-state index in [1.54, 1.807) is 6.20 Å². The molecule has 2 aromatic rings. The smallest absolute Gasteiger partial charge is 0.227 e. The molecule has 1 amide bonds. The molecule has 1 aliphatic rings. The van der Waals surface area contributed by atoms with Gasteiger partial charge in [0.2, 0.25) is 5.91 Å². The maximum atomic E-state index is 11.9. The molecule has 0 bridgehead atoms. The van der Waals surface area contributed by atoms with E-state index in [4.69, 9.17) is 0 Å². The molecule has 0 spiro atoms. The summed E-state index contributed by atoms with van der Waals surface area (Å²) in [5, 5.41) is 3.37. The van der Waals surface area contributed by atoms with Gasteiger partial charge in [-0.1, -0.05) is 12.1 Å². The van der Waals surface area contributed by atoms with Crippen LogP contribution in [0.3, 0.4) is 0 Å². The van der Waals surface area contributed by atoms with Crippen LogP contribution in [0, 0.1) is 6.92 Å². The van der Waals surface area contributed by atoms with E-state index >= 15 is 0 Å². The van der Waals surface area contributed by atoms with E-state index in [9.17, 15) is 4.79 Å². The van der Waals surface area contributed by atoms with E-state index in [1.165, 1.54) is 0 Å². The van der Waals surface area contributed by atoms with Gasteiger partial charge in [0.15, 0.2) is 0 Å². The monoisotopic (exact) mass is 282 g/mol. The number of carbonyl (C=O) groups is 1. The Kier molecular flexibility index (Phi) is 3.81. The second-order valence-electron chi connectivity index (χ2n) is 5.11. The average Bonchev–Trinajstić information content (AvgIpc) is 2.91. The van der Waals surface area contributed by atoms with Gasteiger partial charge in [-0.2, -0.15) is 0 Å². The van der Waals surface area contributed by atoms with Gasteiger partial charge in [0.05, 0.1) is 23.6 Å². The molecule has 1 saturated heterocycles. The molecule has 0 atom stereocenters. The fraction of sp³-hybridized carbons (Fsp3) is 0.312. The maximum absolute atomic E-state index is 11.9. The minimum absolute atomic E-state index is 0.196. The summed E-state index contributed by atoms with van der Waals surface area (Å²) in [6.07, 6.45) is 3.33. The molecule has 0 radical (unpaired) electrons. The number of amides is 1. The third-order valence-corrected chi connectivity index (χ3v) is 3.56. The number of benzene rings is 1. The van der Waals surface area contributed by atoms with Gasteiger partial charge in [0.1, 0.15) is 5.82 Å². The van der Waals surface area contributed by atoms with E-state index in [0.717, 1.165) is 35.9 Å². The molecule has 1 N–H and O–H groups in total. The van der Waals surface area contributed by atoms with Crippen LogP contribution in [-0.2, 0) is 11.3 Å². The van der Waals surface area contributed by atoms with Crippen molar-refractivity contribution in [3.05, 3.63) is 48.0 Å². The van der Waals surface area contributed by atoms with Crippen LogP contribution in [0.5, 0.6) is 0 Å². The minimum atomic E-state index is 0.196. The van der Waals surface area contributed by atoms with Gasteiger partial charge in [0.25, 0.3) is 0 Å². The number of nitrogens with one attached hydrogen (secondary N) is 1. The van der Waals surface area contributed by atoms with Crippen molar-refractivity contribution in [1.29, 1.82) is 0 Å². The summed E-state index contributed by atoms with van der Waals surface area (Å²) in [5.41, 5.74) is 2.85. The second-order valence-corrected chi connectivity index (χ2v) is 5.11. The summed E-state index contributed by atoms with van der Waals surface area (Å²) < 4.78 is 0. The summed E-state index contributed by atoms with van der Waals surface area (Å²) in [6, 6.07) is 9.80. The molecule has 21 heavy (non-hydrogen) atoms. The van der Waals surface area contributed by atoms with E-state index in [0.29, 0.717) is 13.0 Å². The van der Waals surface area contributed by atoms with Crippen molar-refractivity contribution >= 4 is 17.3 Å². The highest BCUT2D eigenvalue weighted by atomic mass is 16.2. The van der Waals surface area contributed by atoms with Crippen LogP contribution < -0.4 is 10.2 Å². The third kappa shape index (κ3) is 3.02. The van der Waals surface area contributed by atoms with Gasteiger partial charge in [-0.3, -0.25) is 4.79 Å². The van der Waals surface area contributed by atoms with Crippen LogP contribution in [0.1, 0.15) is 24.4 Å². The molecule has 1 aromatic heterocycles. The maximum Gasteiger partial charge on any atom is 0.227 e. The van der Waals surface area contributed by atoms with Crippen molar-refractivity contribution in [3.63, 3.8) is 0 Å². The van der Waals surface area contributed by atoms with E-state index in [2.05, 4.69) is 15.3 Å². The number of rotatable bonds is 4. The van der Waals surface area contributed by atoms with Gasteiger partial charge in [-0.15, -0.1) is 0 Å². The van der Waals surface area contributed by atoms with Crippen LogP contribution in [0.25, 0.3) is 0 Å². The Hall–Kier alpha value is -2.43. The van der Waals surface area contributed by atoms with Crippen LogP contribution in [0.2, 0.25) is 0 Å². The van der Waals surface area contributed by atoms with E-state index < -0.39 is 0 Å². The zero-order valence-corrected chi connectivity index (χ0v) is 12.0. The van der Waals surface area contributed by atoms with Crippen LogP contribution >= 0.6 is 0 Å². The van der Waals surface area contributed by atoms with E-state index in [1.807, 2.05) is 42.2 Å². The van der Waals surface area contributed by atoms with Gasteiger partial charge in [-0.25, -0.2) is 9.97 Å². The first-order valence-electron chi connectivity index (χ1n) is 7.16. The van der Waals surface area contributed by atoms with Crippen LogP contribution in [-0.4, -0.2) is 22.4 Å². The van der Waals surface area contributed by atoms with Gasteiger partial charge < -0.3 is 10.2 Å². The molecule has 3 rings (SSSR count). The lowest BCUT2D eigenvalue weighted by atomic mass is 10.2. The van der Waals surface area contributed by atoms with Crippen molar-refractivity contribution in [3.8, 4) is 0 Å². The lowest BCUT2D eigenvalue weighted by molar-refractivity contribution is -0.117. The minimum Gasteiger partial charge on any atom is -0.378 e. The average molecular weight is 282 g/mol. The van der Waals surface area contributed by atoms with Crippen molar-refractivity contribution in [2.45, 2.75) is 26.3 Å². The molecule has 0 saturated carbocycles. The first kappa shape index (κ1) is 13.5. The highest BCUT2D eigenvalue weighted by Crippen LogP contribution is 2.29. The Morgan fingerprint density at radius 1 is 1.29 bits per heavy atom. The van der Waals surface area contributed by atoms with Crippen LogP contribution in [0.4, 0.5) is 11.4 Å². The number of para-hydroxylation sites is 2. The molecule has 1 aliphatic heterocycles. The molecule has 1 aromatic carbocycles. The molecular formula is C16H18N4O. The SMILES string of the molecule is Cc1nccc(CNc2ccccc2N2CCCC2=O)n1. The zero-order valence-electron chi connectivity index (χ0n) is 12.0. The lowest BCUT2D eigenvalue weighted by Gasteiger charge is -2.20. The zero-order chi connectivity index (χ0) is 14.7. The van der Waals surface area contributed by atoms with Crippen molar-refractivity contribution in [2.75, 3.05) is 16.8 Å². The number of hydrogen-bond acceptors (Lipinski definition) is 4. The molecule has 0 aliphatic carbocycles. The number of aryl methyl sites for hydroxylation is 1. The summed E-state index contributed by atoms with van der Waals surface area (Å²) in [6.45, 7) is 3.28. The Balaban J connectivity index is 1.78. The standard InChI is InChI=1S/C16H18N4O/c1-12-17-9-8-13(19-12)11-18-14-5-2-3-6-15(14)20-10-4-7-16(20)21/h2-3,5-6,8-9,18H,4,7,10-11H2,1H3. The molecule has 0 unspecified atom stereocenters. The lowest BCUT2D eigenvalue weighted by Crippen LogP contribution is -2.24. The Labute approximate surface area is 124 Å². The second kappa shape index (κ2) is 5.91. The van der Waals surface area contributed by atoms with Gasteiger partial charge in [0, 0.05) is 19.2 Å². The van der Waals surface area contributed by atoms with Crippen molar-refractivity contribution < 1.29 is 4.79 Å². The van der Waals surface area contributed by atoms with Gasteiger partial charge >= 0.3 is 0 Å². The topological polar surface area (TPSA) is 58.1 Å². The largest absolute Gasteiger partial charge is 0.378 e. The molecule has 5 nitrogen and oxygen atoms in total. The molecule has 5 heteroatoms. The summed E-state index contributed by atoms with van der Waals surface area (Å²) >= 11 is 0. The Morgan fingerprint density at radius 2 is 2.14 bits per heavy atom. The van der Waals surface area contributed by atoms with E-state index in [-0.39, 0.29) is 5.91 Å². The number of aromatic nitrogens is 2. The molecule has 108 valence electrons. The first-order valence-corrected chi connectivity index (χ1v) is 7.16. The highest BCUT2D eigenvalue weighted by Gasteiger charge is 2.23. The van der Waals surface area contributed by atoms with Gasteiger partial charge in [-0.05, 0) is 31.5 Å². The Morgan fingerprint density at radius 3 is 2.90 bits per heavy atom. The number of nitrogens with zero attached hydrogens (tertiary/aromatic N) is 3. The fourth-order valence-electron chi connectivity index (χ4n) is 2.55. The molecule has 2 heterocycles. The third-order valence-electron chi connectivity index (χ3n) is 3.56. The molecular weight excluding hydrogens is 264 g/mol. The number of carbonyl (C=O) groups excluding carboxylic acids is 1. The first-order chi connectivity index (χ1) is 10.2. The fourth-order valence-corrected chi connectivity index (χ4v) is 2.55. The predicted octanol–water partition coefficient (Wildman–Crippen LogP) is 2.52. The summed E-state index contributed by atoms with van der Waals surface area (Å²) in [7, 11) is 0. The summed E-state index contributed by atoms with van der Waals surface area (Å²) in [5.74, 6) is 0.958.